The molecule has 2 atom stereocenters. The molecule has 0 aliphatic heterocycles. The Labute approximate surface area is 92.8 Å². The Morgan fingerprint density at radius 2 is 2.00 bits per heavy atom. The summed E-state index contributed by atoms with van der Waals surface area (Å²) >= 11 is 0. The van der Waals surface area contributed by atoms with Gasteiger partial charge >= 0.3 is 12.1 Å². The largest absolute Gasteiger partial charge is 0.481 e. The van der Waals surface area contributed by atoms with Gasteiger partial charge in [-0.2, -0.15) is 13.2 Å². The monoisotopic (exact) mass is 241 g/mol. The van der Waals surface area contributed by atoms with Crippen molar-refractivity contribution in [3.63, 3.8) is 0 Å². The number of carboxylic acids is 1. The molecule has 0 heterocycles. The fraction of sp³-hybridized carbons (Fsp3) is 0.900. The molecule has 0 spiro atoms. The Kier molecular flexibility index (Phi) is 6.40. The predicted molar refractivity (Wildman–Crippen MR) is 53.9 cm³/mol. The molecule has 0 rings (SSSR count). The van der Waals surface area contributed by atoms with E-state index in [1.165, 1.54) is 0 Å². The number of rotatable bonds is 7. The first-order valence-electron chi connectivity index (χ1n) is 5.23. The summed E-state index contributed by atoms with van der Waals surface area (Å²) < 4.78 is 35.8. The number of carbonyl (C=O) groups is 1. The average molecular weight is 241 g/mol. The molecule has 0 bridgehead atoms. The van der Waals surface area contributed by atoms with Crippen LogP contribution < -0.4 is 5.73 Å². The molecule has 3 N–H and O–H groups in total. The van der Waals surface area contributed by atoms with Crippen LogP contribution in [0.25, 0.3) is 0 Å². The van der Waals surface area contributed by atoms with Crippen molar-refractivity contribution in [3.8, 4) is 0 Å². The quantitative estimate of drug-likeness (QED) is 0.719. The van der Waals surface area contributed by atoms with Crippen molar-refractivity contribution in [1.29, 1.82) is 0 Å². The van der Waals surface area contributed by atoms with E-state index < -0.39 is 18.6 Å². The number of alkyl halides is 3. The van der Waals surface area contributed by atoms with Crippen LogP contribution in [0.3, 0.4) is 0 Å². The minimum absolute atomic E-state index is 0.0274. The molecular weight excluding hydrogens is 223 g/mol. The number of nitrogens with two attached hydrogens (primary N) is 1. The molecule has 0 saturated carbocycles. The van der Waals surface area contributed by atoms with Gasteiger partial charge in [-0.3, -0.25) is 4.79 Å². The lowest BCUT2D eigenvalue weighted by Gasteiger charge is -2.18. The summed E-state index contributed by atoms with van der Waals surface area (Å²) in [6.45, 7) is 1.89. The first-order valence-corrected chi connectivity index (χ1v) is 5.23. The first-order chi connectivity index (χ1) is 7.24. The van der Waals surface area contributed by atoms with Crippen molar-refractivity contribution in [2.24, 2.45) is 17.6 Å². The fourth-order valence-electron chi connectivity index (χ4n) is 1.61. The van der Waals surface area contributed by atoms with Crippen LogP contribution in [0.4, 0.5) is 13.2 Å². The third kappa shape index (κ3) is 8.52. The van der Waals surface area contributed by atoms with E-state index in [2.05, 4.69) is 0 Å². The molecule has 0 amide bonds. The Hall–Kier alpha value is -0.780. The Bertz CT molecular complexity index is 219. The summed E-state index contributed by atoms with van der Waals surface area (Å²) in [6.07, 6.45) is -4.58. The van der Waals surface area contributed by atoms with Gasteiger partial charge in [-0.05, 0) is 31.2 Å². The second kappa shape index (κ2) is 6.73. The Morgan fingerprint density at radius 1 is 1.44 bits per heavy atom. The van der Waals surface area contributed by atoms with Crippen LogP contribution in [0.5, 0.6) is 0 Å². The van der Waals surface area contributed by atoms with E-state index >= 15 is 0 Å². The van der Waals surface area contributed by atoms with E-state index in [9.17, 15) is 18.0 Å². The molecule has 3 nitrogen and oxygen atoms in total. The molecule has 0 aliphatic carbocycles. The molecule has 0 aromatic carbocycles. The molecule has 2 unspecified atom stereocenters. The van der Waals surface area contributed by atoms with E-state index in [0.29, 0.717) is 6.42 Å². The highest BCUT2D eigenvalue weighted by atomic mass is 19.4. The van der Waals surface area contributed by atoms with Crippen LogP contribution in [0.1, 0.15) is 32.6 Å². The minimum atomic E-state index is -4.14. The van der Waals surface area contributed by atoms with Crippen molar-refractivity contribution < 1.29 is 23.1 Å². The smallest absolute Gasteiger partial charge is 0.389 e. The van der Waals surface area contributed by atoms with Gasteiger partial charge in [0, 0.05) is 12.8 Å². The average Bonchev–Trinajstić information content (AvgIpc) is 2.12. The number of carboxylic acid groups (broad SMARTS) is 1. The van der Waals surface area contributed by atoms with Gasteiger partial charge in [-0.15, -0.1) is 0 Å². The van der Waals surface area contributed by atoms with E-state index in [1.807, 2.05) is 0 Å². The lowest BCUT2D eigenvalue weighted by atomic mass is 9.90. The maximum absolute atomic E-state index is 11.9. The fourth-order valence-corrected chi connectivity index (χ4v) is 1.61. The number of halogens is 3. The van der Waals surface area contributed by atoms with Crippen molar-refractivity contribution in [3.05, 3.63) is 0 Å². The molecule has 0 aromatic rings. The number of hydrogen-bond acceptors (Lipinski definition) is 2. The highest BCUT2D eigenvalue weighted by molar-refractivity contribution is 5.67. The topological polar surface area (TPSA) is 63.3 Å². The number of hydrogen-bond donors (Lipinski definition) is 2. The molecular formula is C10H18F3NO2. The van der Waals surface area contributed by atoms with Crippen molar-refractivity contribution >= 4 is 5.97 Å². The summed E-state index contributed by atoms with van der Waals surface area (Å²) in [6, 6.07) is 0. The van der Waals surface area contributed by atoms with E-state index in [1.54, 1.807) is 6.92 Å². The molecule has 6 heteroatoms. The second-order valence-corrected chi connectivity index (χ2v) is 4.19. The van der Waals surface area contributed by atoms with E-state index in [0.717, 1.165) is 0 Å². The Balaban J connectivity index is 3.91. The lowest BCUT2D eigenvalue weighted by molar-refractivity contribution is -0.140. The van der Waals surface area contributed by atoms with E-state index in [4.69, 9.17) is 10.8 Å². The summed E-state index contributed by atoms with van der Waals surface area (Å²) in [5.41, 5.74) is 5.37. The van der Waals surface area contributed by atoms with Gasteiger partial charge in [-0.25, -0.2) is 0 Å². The van der Waals surface area contributed by atoms with Crippen molar-refractivity contribution in [2.45, 2.75) is 38.8 Å². The van der Waals surface area contributed by atoms with Crippen LogP contribution in [0.2, 0.25) is 0 Å². The van der Waals surface area contributed by atoms with Crippen LogP contribution in [-0.4, -0.2) is 23.8 Å². The van der Waals surface area contributed by atoms with Crippen LogP contribution >= 0.6 is 0 Å². The van der Waals surface area contributed by atoms with Crippen LogP contribution in [0, 0.1) is 11.8 Å². The van der Waals surface area contributed by atoms with Gasteiger partial charge < -0.3 is 10.8 Å². The molecule has 16 heavy (non-hydrogen) atoms. The van der Waals surface area contributed by atoms with Gasteiger partial charge in [0.2, 0.25) is 0 Å². The zero-order chi connectivity index (χ0) is 12.8. The van der Waals surface area contributed by atoms with Gasteiger partial charge in [0.05, 0.1) is 0 Å². The van der Waals surface area contributed by atoms with Crippen LogP contribution in [-0.2, 0) is 4.79 Å². The predicted octanol–water partition coefficient (Wildman–Crippen LogP) is 2.40. The lowest BCUT2D eigenvalue weighted by Crippen LogP contribution is -2.21. The third-order valence-electron chi connectivity index (χ3n) is 2.45. The summed E-state index contributed by atoms with van der Waals surface area (Å²) in [5, 5.41) is 8.55. The van der Waals surface area contributed by atoms with Gasteiger partial charge in [0.15, 0.2) is 0 Å². The molecule has 0 fully saturated rings. The standard InChI is InChI=1S/C10H18F3NO2/c1-7(2-3-10(11,12)13)4-8(6-14)5-9(15)16/h7-8H,2-6,14H2,1H3,(H,15,16). The molecule has 0 saturated heterocycles. The first kappa shape index (κ1) is 15.2. The highest BCUT2D eigenvalue weighted by Crippen LogP contribution is 2.27. The van der Waals surface area contributed by atoms with Crippen molar-refractivity contribution in [1.82, 2.24) is 0 Å². The van der Waals surface area contributed by atoms with Gasteiger partial charge in [0.25, 0.3) is 0 Å². The molecule has 96 valence electrons. The van der Waals surface area contributed by atoms with E-state index in [-0.39, 0.29) is 31.2 Å². The number of aliphatic carboxylic acids is 1. The second-order valence-electron chi connectivity index (χ2n) is 4.19. The summed E-state index contributed by atoms with van der Waals surface area (Å²) in [7, 11) is 0. The maximum atomic E-state index is 11.9. The Morgan fingerprint density at radius 3 is 2.38 bits per heavy atom. The van der Waals surface area contributed by atoms with Gasteiger partial charge in [0.1, 0.15) is 0 Å². The molecule has 0 aliphatic rings. The third-order valence-corrected chi connectivity index (χ3v) is 2.45. The zero-order valence-corrected chi connectivity index (χ0v) is 9.26. The van der Waals surface area contributed by atoms with Crippen LogP contribution in [0.15, 0.2) is 0 Å². The summed E-state index contributed by atoms with van der Waals surface area (Å²) in [5.74, 6) is -1.35. The highest BCUT2D eigenvalue weighted by Gasteiger charge is 2.28. The normalized spacial score (nSPS) is 15.8. The molecule has 0 radical (unpaired) electrons. The zero-order valence-electron chi connectivity index (χ0n) is 9.26. The molecule has 0 aromatic heterocycles. The summed E-state index contributed by atoms with van der Waals surface area (Å²) in [4.78, 5) is 10.4. The SMILES string of the molecule is CC(CCC(F)(F)F)CC(CN)CC(=O)O. The minimum Gasteiger partial charge on any atom is -0.481 e. The van der Waals surface area contributed by atoms with Gasteiger partial charge in [-0.1, -0.05) is 6.92 Å². The maximum Gasteiger partial charge on any atom is 0.389 e. The van der Waals surface area contributed by atoms with Crippen molar-refractivity contribution in [2.75, 3.05) is 6.54 Å².